The fourth-order valence-corrected chi connectivity index (χ4v) is 0.707. The van der Waals surface area contributed by atoms with Crippen LogP contribution in [-0.4, -0.2) is 0 Å². The minimum atomic E-state index is 0.540. The fraction of sp³-hybridized carbons (Fsp3) is 0.125. The third-order valence-corrected chi connectivity index (χ3v) is 1.30. The van der Waals surface area contributed by atoms with Gasteiger partial charge in [-0.15, -0.1) is 0 Å². The Morgan fingerprint density at radius 3 is 2.30 bits per heavy atom. The first-order valence-corrected chi connectivity index (χ1v) is 3.03. The van der Waals surface area contributed by atoms with E-state index in [4.69, 9.17) is 12.3 Å². The highest BCUT2D eigenvalue weighted by Gasteiger charge is 1.88. The third-order valence-electron chi connectivity index (χ3n) is 1.30. The summed E-state index contributed by atoms with van der Waals surface area (Å²) in [6.45, 7) is 7.20. The van der Waals surface area contributed by atoms with Gasteiger partial charge in [-0.3, -0.25) is 0 Å². The van der Waals surface area contributed by atoms with Crippen molar-refractivity contribution in [1.29, 1.82) is 0 Å². The zero-order chi connectivity index (χ0) is 7.40. The van der Waals surface area contributed by atoms with Crippen LogP contribution in [0.5, 0.6) is 0 Å². The first-order valence-electron chi connectivity index (χ1n) is 3.03. The Morgan fingerprint density at radius 1 is 1.30 bits per heavy atom. The molecule has 0 aromatic heterocycles. The Morgan fingerprint density at radius 2 is 1.90 bits per heavy atom. The van der Waals surface area contributed by atoms with Crippen molar-refractivity contribution in [1.82, 2.24) is 0 Å². The highest BCUT2D eigenvalue weighted by molar-refractivity contribution is 5.45. The van der Waals surface area contributed by atoms with Gasteiger partial charge < -0.3 is 5.73 Å². The molecule has 0 radical (unpaired) electrons. The van der Waals surface area contributed by atoms with Crippen LogP contribution in [0.25, 0.3) is 4.85 Å². The standard InChI is InChI=1S/C8H8N2/c1-10-8-4-2-7(6-9)3-5-8/h2-5H,6,9H2. The molecule has 0 bridgehead atoms. The van der Waals surface area contributed by atoms with Crippen molar-refractivity contribution < 1.29 is 0 Å². The van der Waals surface area contributed by atoms with E-state index in [9.17, 15) is 0 Å². The lowest BCUT2D eigenvalue weighted by Crippen LogP contribution is -1.94. The normalized spacial score (nSPS) is 8.80. The van der Waals surface area contributed by atoms with E-state index in [1.165, 1.54) is 0 Å². The second-order valence-corrected chi connectivity index (χ2v) is 1.98. The van der Waals surface area contributed by atoms with Crippen LogP contribution >= 0.6 is 0 Å². The maximum atomic E-state index is 6.67. The van der Waals surface area contributed by atoms with Gasteiger partial charge in [0.15, 0.2) is 5.69 Å². The Bertz CT molecular complexity index is 243. The van der Waals surface area contributed by atoms with Gasteiger partial charge in [-0.25, -0.2) is 4.85 Å². The summed E-state index contributed by atoms with van der Waals surface area (Å²) >= 11 is 0. The van der Waals surface area contributed by atoms with Crippen molar-refractivity contribution in [3.05, 3.63) is 41.2 Å². The van der Waals surface area contributed by atoms with Crippen molar-refractivity contribution in [2.24, 2.45) is 5.73 Å². The van der Waals surface area contributed by atoms with Gasteiger partial charge in [0, 0.05) is 6.54 Å². The number of rotatable bonds is 1. The Kier molecular flexibility index (Phi) is 2.03. The molecule has 50 valence electrons. The minimum Gasteiger partial charge on any atom is -0.326 e. The summed E-state index contributed by atoms with van der Waals surface area (Å²) in [5, 5.41) is 0. The number of hydrogen-bond donors (Lipinski definition) is 1. The van der Waals surface area contributed by atoms with E-state index >= 15 is 0 Å². The highest BCUT2D eigenvalue weighted by atomic mass is 14.6. The zero-order valence-electron chi connectivity index (χ0n) is 5.54. The Hall–Kier alpha value is -1.33. The van der Waals surface area contributed by atoms with Gasteiger partial charge >= 0.3 is 0 Å². The van der Waals surface area contributed by atoms with Gasteiger partial charge in [-0.1, -0.05) is 24.3 Å². The number of nitrogens with two attached hydrogens (primary N) is 1. The molecular weight excluding hydrogens is 124 g/mol. The predicted octanol–water partition coefficient (Wildman–Crippen LogP) is 1.70. The van der Waals surface area contributed by atoms with Crippen molar-refractivity contribution in [3.63, 3.8) is 0 Å². The third kappa shape index (κ3) is 1.34. The topological polar surface area (TPSA) is 30.4 Å². The van der Waals surface area contributed by atoms with Crippen molar-refractivity contribution in [2.45, 2.75) is 6.54 Å². The number of hydrogen-bond acceptors (Lipinski definition) is 1. The van der Waals surface area contributed by atoms with Gasteiger partial charge in [0.25, 0.3) is 0 Å². The van der Waals surface area contributed by atoms with Crippen molar-refractivity contribution in [3.8, 4) is 0 Å². The van der Waals surface area contributed by atoms with Crippen LogP contribution < -0.4 is 5.73 Å². The summed E-state index contributed by atoms with van der Waals surface area (Å²) in [6.07, 6.45) is 0. The van der Waals surface area contributed by atoms with Crippen LogP contribution in [0.4, 0.5) is 5.69 Å². The average molecular weight is 132 g/mol. The second kappa shape index (κ2) is 3.00. The van der Waals surface area contributed by atoms with Crippen LogP contribution in [0.15, 0.2) is 24.3 Å². The molecule has 0 heterocycles. The summed E-state index contributed by atoms with van der Waals surface area (Å²) in [4.78, 5) is 3.26. The molecule has 0 aliphatic heterocycles. The van der Waals surface area contributed by atoms with Gasteiger partial charge in [-0.2, -0.15) is 0 Å². The summed E-state index contributed by atoms with van der Waals surface area (Å²) in [6, 6.07) is 7.28. The molecule has 2 heteroatoms. The second-order valence-electron chi connectivity index (χ2n) is 1.98. The average Bonchev–Trinajstić information content (AvgIpc) is 2.05. The molecule has 0 aliphatic carbocycles. The van der Waals surface area contributed by atoms with E-state index in [0.29, 0.717) is 12.2 Å². The van der Waals surface area contributed by atoms with Crippen LogP contribution in [0, 0.1) is 6.57 Å². The summed E-state index contributed by atoms with van der Waals surface area (Å²) < 4.78 is 0. The van der Waals surface area contributed by atoms with Gasteiger partial charge in [0.2, 0.25) is 0 Å². The van der Waals surface area contributed by atoms with E-state index in [1.807, 2.05) is 12.1 Å². The fourth-order valence-electron chi connectivity index (χ4n) is 0.707. The van der Waals surface area contributed by atoms with Crippen molar-refractivity contribution >= 4 is 5.69 Å². The monoisotopic (exact) mass is 132 g/mol. The number of benzene rings is 1. The smallest absolute Gasteiger partial charge is 0.187 e. The van der Waals surface area contributed by atoms with Crippen LogP contribution in [-0.2, 0) is 6.54 Å². The molecule has 0 aliphatic rings. The van der Waals surface area contributed by atoms with Crippen molar-refractivity contribution in [2.75, 3.05) is 0 Å². The molecule has 0 spiro atoms. The maximum absolute atomic E-state index is 6.67. The number of nitrogens with zero attached hydrogens (tertiary/aromatic N) is 1. The first-order chi connectivity index (χ1) is 4.86. The molecule has 2 N–H and O–H groups in total. The largest absolute Gasteiger partial charge is 0.326 e. The van der Waals surface area contributed by atoms with Gasteiger partial charge in [-0.05, 0) is 5.56 Å². The Labute approximate surface area is 60.1 Å². The van der Waals surface area contributed by atoms with E-state index in [-0.39, 0.29) is 0 Å². The van der Waals surface area contributed by atoms with E-state index in [0.717, 1.165) is 5.56 Å². The SMILES string of the molecule is [C-]#[N+]c1ccc(CN)cc1. The predicted molar refractivity (Wildman–Crippen MR) is 40.6 cm³/mol. The molecular formula is C8H8N2. The molecule has 10 heavy (non-hydrogen) atoms. The maximum Gasteiger partial charge on any atom is 0.187 e. The first kappa shape index (κ1) is 6.79. The van der Waals surface area contributed by atoms with Crippen LogP contribution in [0.1, 0.15) is 5.56 Å². The van der Waals surface area contributed by atoms with Gasteiger partial charge in [0.1, 0.15) is 0 Å². The molecule has 0 atom stereocenters. The highest BCUT2D eigenvalue weighted by Crippen LogP contribution is 2.11. The molecule has 1 aromatic rings. The van der Waals surface area contributed by atoms with Crippen LogP contribution in [0.3, 0.4) is 0 Å². The summed E-state index contributed by atoms with van der Waals surface area (Å²) in [5.74, 6) is 0. The molecule has 0 unspecified atom stereocenters. The van der Waals surface area contributed by atoms with Crippen LogP contribution in [0.2, 0.25) is 0 Å². The molecule has 1 aromatic carbocycles. The zero-order valence-corrected chi connectivity index (χ0v) is 5.54. The quantitative estimate of drug-likeness (QED) is 0.579. The molecule has 0 saturated carbocycles. The van der Waals surface area contributed by atoms with Gasteiger partial charge in [0.05, 0.1) is 6.57 Å². The Balaban J connectivity index is 2.93. The summed E-state index contributed by atoms with van der Waals surface area (Å²) in [7, 11) is 0. The minimum absolute atomic E-state index is 0.540. The molecule has 0 fully saturated rings. The van der Waals surface area contributed by atoms with E-state index < -0.39 is 0 Å². The lowest BCUT2D eigenvalue weighted by molar-refractivity contribution is 1.07. The molecule has 0 amide bonds. The van der Waals surface area contributed by atoms with E-state index in [1.54, 1.807) is 12.1 Å². The molecule has 1 rings (SSSR count). The molecule has 2 nitrogen and oxygen atoms in total. The molecule has 0 saturated heterocycles. The lowest BCUT2D eigenvalue weighted by atomic mass is 10.2. The summed E-state index contributed by atoms with van der Waals surface area (Å²) in [5.41, 5.74) is 7.09. The van der Waals surface area contributed by atoms with E-state index in [2.05, 4.69) is 4.85 Å². The lowest BCUT2D eigenvalue weighted by Gasteiger charge is -1.93.